The van der Waals surface area contributed by atoms with Crippen LogP contribution in [0, 0.1) is 6.92 Å². The van der Waals surface area contributed by atoms with Crippen LogP contribution < -0.4 is 4.74 Å². The highest BCUT2D eigenvalue weighted by molar-refractivity contribution is 5.37. The summed E-state index contributed by atoms with van der Waals surface area (Å²) in [7, 11) is 3.92. The Morgan fingerprint density at radius 3 is 2.96 bits per heavy atom. The lowest BCUT2D eigenvalue weighted by Gasteiger charge is -2.35. The summed E-state index contributed by atoms with van der Waals surface area (Å²) >= 11 is 0. The van der Waals surface area contributed by atoms with Gasteiger partial charge in [-0.1, -0.05) is 18.6 Å². The number of benzene rings is 1. The van der Waals surface area contributed by atoms with Crippen molar-refractivity contribution in [3.63, 3.8) is 0 Å². The van der Waals surface area contributed by atoms with Crippen molar-refractivity contribution in [1.29, 1.82) is 0 Å². The minimum atomic E-state index is 0.301. The van der Waals surface area contributed by atoms with Gasteiger partial charge in [-0.25, -0.2) is 9.97 Å². The van der Waals surface area contributed by atoms with Crippen LogP contribution in [-0.4, -0.2) is 47.0 Å². The second kappa shape index (κ2) is 7.95. The fourth-order valence-electron chi connectivity index (χ4n) is 4.31. The summed E-state index contributed by atoms with van der Waals surface area (Å²) in [6.07, 6.45) is 6.70. The first-order chi connectivity index (χ1) is 13.1. The largest absolute Gasteiger partial charge is 0.496 e. The molecule has 3 heterocycles. The average Bonchev–Trinajstić information content (AvgIpc) is 2.69. The topological polar surface area (TPSA) is 41.5 Å². The Labute approximate surface area is 162 Å². The lowest BCUT2D eigenvalue weighted by atomic mass is 9.99. The number of aromatic nitrogens is 2. The maximum atomic E-state index is 5.63. The van der Waals surface area contributed by atoms with Crippen molar-refractivity contribution in [2.75, 3.05) is 27.2 Å². The zero-order valence-electron chi connectivity index (χ0n) is 16.7. The van der Waals surface area contributed by atoms with Crippen LogP contribution in [-0.2, 0) is 19.5 Å². The van der Waals surface area contributed by atoms with Gasteiger partial charge in [0.25, 0.3) is 0 Å². The minimum Gasteiger partial charge on any atom is -0.496 e. The van der Waals surface area contributed by atoms with E-state index in [1.807, 2.05) is 0 Å². The van der Waals surface area contributed by atoms with Gasteiger partial charge < -0.3 is 9.64 Å². The molecule has 4 rings (SSSR count). The number of nitrogens with zero attached hydrogens (tertiary/aromatic N) is 4. The maximum Gasteiger partial charge on any atom is 0.145 e. The molecule has 1 atom stereocenters. The molecule has 0 radical (unpaired) electrons. The Hall–Kier alpha value is -1.98. The predicted molar refractivity (Wildman–Crippen MR) is 107 cm³/mol. The number of hydrogen-bond donors (Lipinski definition) is 0. The molecule has 2 aromatic rings. The Kier molecular flexibility index (Phi) is 5.41. The molecule has 0 saturated carbocycles. The molecule has 1 fully saturated rings. The predicted octanol–water partition coefficient (Wildman–Crippen LogP) is 3.51. The number of hydrogen-bond acceptors (Lipinski definition) is 5. The Morgan fingerprint density at radius 2 is 2.11 bits per heavy atom. The molecule has 0 amide bonds. The zero-order chi connectivity index (χ0) is 18.8. The van der Waals surface area contributed by atoms with Gasteiger partial charge in [0, 0.05) is 49.1 Å². The lowest BCUT2D eigenvalue weighted by Crippen LogP contribution is -2.35. The number of aryl methyl sites for hydroxylation is 1. The molecule has 1 aromatic carbocycles. The molecule has 0 unspecified atom stereocenters. The third-order valence-corrected chi connectivity index (χ3v) is 5.87. The summed E-state index contributed by atoms with van der Waals surface area (Å²) in [5, 5.41) is 0. The molecular formula is C22H30N4O. The van der Waals surface area contributed by atoms with Crippen molar-refractivity contribution in [2.45, 2.75) is 51.7 Å². The second-order valence-electron chi connectivity index (χ2n) is 7.99. The van der Waals surface area contributed by atoms with Crippen LogP contribution in [0.1, 0.15) is 53.5 Å². The first-order valence-corrected chi connectivity index (χ1v) is 10.0. The molecule has 0 N–H and O–H groups in total. The minimum absolute atomic E-state index is 0.301. The van der Waals surface area contributed by atoms with Crippen LogP contribution in [0.3, 0.4) is 0 Å². The molecule has 0 bridgehead atoms. The number of ether oxygens (including phenoxy) is 1. The second-order valence-corrected chi connectivity index (χ2v) is 7.99. The SMILES string of the molecule is COc1cc(C)ccc1CN1CCCC[C@H]1c1ncc2c(n1)CCN(C)C2. The number of piperidine rings is 1. The van der Waals surface area contributed by atoms with E-state index in [1.165, 1.54) is 35.2 Å². The van der Waals surface area contributed by atoms with E-state index in [-0.39, 0.29) is 0 Å². The summed E-state index contributed by atoms with van der Waals surface area (Å²) in [4.78, 5) is 14.7. The average molecular weight is 367 g/mol. The quantitative estimate of drug-likeness (QED) is 0.828. The fraction of sp³-hybridized carbons (Fsp3) is 0.545. The van der Waals surface area contributed by atoms with Gasteiger partial charge in [0.05, 0.1) is 13.2 Å². The molecule has 5 nitrogen and oxygen atoms in total. The van der Waals surface area contributed by atoms with Crippen molar-refractivity contribution in [3.8, 4) is 5.75 Å². The van der Waals surface area contributed by atoms with E-state index in [9.17, 15) is 0 Å². The molecule has 1 saturated heterocycles. The van der Waals surface area contributed by atoms with E-state index in [4.69, 9.17) is 14.7 Å². The number of rotatable bonds is 4. The normalized spacial score (nSPS) is 21.1. The first-order valence-electron chi connectivity index (χ1n) is 10.0. The smallest absolute Gasteiger partial charge is 0.145 e. The lowest BCUT2D eigenvalue weighted by molar-refractivity contribution is 0.132. The number of likely N-dealkylation sites (N-methyl/N-ethyl adjacent to an activating group) is 1. The van der Waals surface area contributed by atoms with Crippen molar-refractivity contribution in [1.82, 2.24) is 19.8 Å². The van der Waals surface area contributed by atoms with Gasteiger partial charge in [-0.2, -0.15) is 0 Å². The van der Waals surface area contributed by atoms with Crippen molar-refractivity contribution in [2.24, 2.45) is 0 Å². The van der Waals surface area contributed by atoms with Gasteiger partial charge in [-0.3, -0.25) is 4.90 Å². The molecule has 1 aromatic heterocycles. The third-order valence-electron chi connectivity index (χ3n) is 5.87. The van der Waals surface area contributed by atoms with Crippen LogP contribution >= 0.6 is 0 Å². The molecule has 5 heteroatoms. The van der Waals surface area contributed by atoms with E-state index in [0.717, 1.165) is 50.6 Å². The van der Waals surface area contributed by atoms with E-state index < -0.39 is 0 Å². The van der Waals surface area contributed by atoms with Gasteiger partial charge in [-0.05, 0) is 45.0 Å². The van der Waals surface area contributed by atoms with Gasteiger partial charge >= 0.3 is 0 Å². The highest BCUT2D eigenvalue weighted by atomic mass is 16.5. The molecular weight excluding hydrogens is 336 g/mol. The van der Waals surface area contributed by atoms with Crippen LogP contribution in [0.2, 0.25) is 0 Å². The van der Waals surface area contributed by atoms with Gasteiger partial charge in [-0.15, -0.1) is 0 Å². The van der Waals surface area contributed by atoms with E-state index in [2.05, 4.69) is 48.2 Å². The van der Waals surface area contributed by atoms with Crippen molar-refractivity contribution >= 4 is 0 Å². The monoisotopic (exact) mass is 366 g/mol. The summed E-state index contributed by atoms with van der Waals surface area (Å²) in [6, 6.07) is 6.79. The summed E-state index contributed by atoms with van der Waals surface area (Å²) in [6.45, 7) is 6.12. The molecule has 0 spiro atoms. The van der Waals surface area contributed by atoms with Crippen molar-refractivity contribution in [3.05, 3.63) is 52.6 Å². The molecule has 2 aliphatic heterocycles. The standard InChI is InChI=1S/C22H30N4O/c1-16-7-8-17(21(12-16)27-3)15-26-10-5-4-6-20(26)22-23-13-18-14-25(2)11-9-19(18)24-22/h7-8,12-13,20H,4-6,9-11,14-15H2,1-3H3/t20-/m0/s1. The highest BCUT2D eigenvalue weighted by Crippen LogP contribution is 2.33. The van der Waals surface area contributed by atoms with E-state index in [0.29, 0.717) is 6.04 Å². The Balaban J connectivity index is 1.58. The Bertz CT molecular complexity index is 807. The van der Waals surface area contributed by atoms with Crippen molar-refractivity contribution < 1.29 is 4.74 Å². The molecule has 27 heavy (non-hydrogen) atoms. The molecule has 144 valence electrons. The number of likely N-dealkylation sites (tertiary alicyclic amines) is 1. The van der Waals surface area contributed by atoms with Crippen LogP contribution in [0.5, 0.6) is 5.75 Å². The zero-order valence-corrected chi connectivity index (χ0v) is 16.7. The summed E-state index contributed by atoms with van der Waals surface area (Å²) < 4.78 is 5.63. The summed E-state index contributed by atoms with van der Waals surface area (Å²) in [5.41, 5.74) is 5.01. The van der Waals surface area contributed by atoms with Crippen LogP contribution in [0.25, 0.3) is 0 Å². The van der Waals surface area contributed by atoms with E-state index in [1.54, 1.807) is 7.11 Å². The van der Waals surface area contributed by atoms with Crippen LogP contribution in [0.4, 0.5) is 0 Å². The van der Waals surface area contributed by atoms with Crippen LogP contribution in [0.15, 0.2) is 24.4 Å². The van der Waals surface area contributed by atoms with Gasteiger partial charge in [0.15, 0.2) is 0 Å². The third kappa shape index (κ3) is 3.99. The molecule has 0 aliphatic carbocycles. The first kappa shape index (κ1) is 18.4. The number of methoxy groups -OCH3 is 1. The number of fused-ring (bicyclic) bond motifs is 1. The summed E-state index contributed by atoms with van der Waals surface area (Å²) in [5.74, 6) is 1.98. The Morgan fingerprint density at radius 1 is 1.22 bits per heavy atom. The maximum absolute atomic E-state index is 5.63. The fourth-order valence-corrected chi connectivity index (χ4v) is 4.31. The van der Waals surface area contributed by atoms with Gasteiger partial charge in [0.2, 0.25) is 0 Å². The van der Waals surface area contributed by atoms with E-state index >= 15 is 0 Å². The van der Waals surface area contributed by atoms with Gasteiger partial charge in [0.1, 0.15) is 11.6 Å². The molecule has 2 aliphatic rings. The highest BCUT2D eigenvalue weighted by Gasteiger charge is 2.28.